The molecule has 0 aliphatic heterocycles. The Morgan fingerprint density at radius 3 is 0.953 bits per heavy atom. The number of H-pyrrole nitrogens is 1. The minimum Gasteiger partial charge on any atom is -0.452 e. The van der Waals surface area contributed by atoms with Gasteiger partial charge in [0, 0.05) is 131 Å². The van der Waals surface area contributed by atoms with E-state index in [1.54, 1.807) is 12.7 Å². The van der Waals surface area contributed by atoms with Crippen molar-refractivity contribution < 1.29 is 8.83 Å². The van der Waals surface area contributed by atoms with E-state index < -0.39 is 0 Å². The highest BCUT2D eigenvalue weighted by Gasteiger charge is 2.25. The van der Waals surface area contributed by atoms with Crippen LogP contribution < -0.4 is 0 Å². The molecule has 0 saturated carbocycles. The standard InChI is InChI=1S/C58H35N5O.C46H27ClN4O.C12H9N/c1-2-14-39(15-3-1)61-52-24-11-7-20-45(52)47-32-36(26-29-53(47)61)37-25-28-46-44-19-6-10-23-51(44)63(54(46)33-37)40-16-12-13-38(31-40)56-58-57(60-35-59-56)48-34-41(27-30-55(48)64-58)62-49-21-8-4-17-42(49)43-18-5-9-22-50(43)62;47-31-19-22-43-38(26-31)45-46(52-43)44(48-27-49-45)30-9-8-12-33(23-30)51-39-15-6-4-13-34(39)36-20-17-29(25-42(36)51)28-18-21-41-37(24-28)35-14-5-7-16-40(35)50(41)32-10-2-1-3-11-32;1-3-7-11-9(5-1)10-6-2-4-8-12(10)13-11/h1-35H;1-27H;1-8,13H. The van der Waals surface area contributed by atoms with Gasteiger partial charge in [0.05, 0.1) is 55.2 Å². The molecule has 0 aliphatic carbocycles. The summed E-state index contributed by atoms with van der Waals surface area (Å²) in [4.78, 5) is 22.4. The lowest BCUT2D eigenvalue weighted by Gasteiger charge is -2.11. The van der Waals surface area contributed by atoms with Gasteiger partial charge in [-0.05, 0) is 192 Å². The van der Waals surface area contributed by atoms with Crippen LogP contribution in [0.25, 0.3) is 248 Å². The van der Waals surface area contributed by atoms with Crippen molar-refractivity contribution in [2.75, 3.05) is 0 Å². The van der Waals surface area contributed by atoms with Crippen molar-refractivity contribution in [2.45, 2.75) is 0 Å². The van der Waals surface area contributed by atoms with Crippen LogP contribution >= 0.6 is 11.6 Å². The van der Waals surface area contributed by atoms with Crippen molar-refractivity contribution in [2.24, 2.45) is 0 Å². The number of hydrogen-bond acceptors (Lipinski definition) is 6. The van der Waals surface area contributed by atoms with E-state index in [4.69, 9.17) is 35.4 Å². The van der Waals surface area contributed by atoms with Crippen LogP contribution in [0.5, 0.6) is 0 Å². The maximum absolute atomic E-state index is 6.66. The van der Waals surface area contributed by atoms with Gasteiger partial charge in [-0.2, -0.15) is 0 Å². The Hall–Kier alpha value is -17.2. The van der Waals surface area contributed by atoms with Gasteiger partial charge in [-0.25, -0.2) is 19.9 Å². The first kappa shape index (κ1) is 73.4. The summed E-state index contributed by atoms with van der Waals surface area (Å²) in [5, 5.41) is 17.3. The van der Waals surface area contributed by atoms with Gasteiger partial charge in [0.2, 0.25) is 0 Å². The monoisotopic (exact) mass is 1670 g/mol. The Labute approximate surface area is 741 Å². The van der Waals surface area contributed by atoms with E-state index in [1.165, 1.54) is 109 Å². The number of benzene rings is 18. The maximum Gasteiger partial charge on any atom is 0.180 e. The minimum atomic E-state index is 0.641. The van der Waals surface area contributed by atoms with E-state index >= 15 is 0 Å². The Kier molecular flexibility index (Phi) is 16.8. The van der Waals surface area contributed by atoms with Crippen LogP contribution in [0.2, 0.25) is 5.02 Å². The lowest BCUT2D eigenvalue weighted by atomic mass is 10.0. The van der Waals surface area contributed by atoms with E-state index in [9.17, 15) is 0 Å². The zero-order chi connectivity index (χ0) is 84.9. The molecule has 10 heterocycles. The molecule has 604 valence electrons. The molecule has 0 radical (unpaired) electrons. The number of aromatic nitrogens is 10. The van der Waals surface area contributed by atoms with Crippen LogP contribution in [0.4, 0.5) is 0 Å². The predicted octanol–water partition coefficient (Wildman–Crippen LogP) is 30.9. The Morgan fingerprint density at radius 1 is 0.202 bits per heavy atom. The molecule has 28 aromatic rings. The summed E-state index contributed by atoms with van der Waals surface area (Å²) < 4.78 is 24.8. The van der Waals surface area contributed by atoms with Crippen molar-refractivity contribution >= 4 is 187 Å². The van der Waals surface area contributed by atoms with E-state index in [-0.39, 0.29) is 0 Å². The highest BCUT2D eigenvalue weighted by molar-refractivity contribution is 6.32. The lowest BCUT2D eigenvalue weighted by molar-refractivity contribution is 0.666. The molecule has 0 amide bonds. The lowest BCUT2D eigenvalue weighted by Crippen LogP contribution is -1.95. The summed E-state index contributed by atoms with van der Waals surface area (Å²) in [7, 11) is 0. The fraction of sp³-hybridized carbons (Fsp3) is 0. The van der Waals surface area contributed by atoms with Gasteiger partial charge in [-0.1, -0.05) is 254 Å². The first-order chi connectivity index (χ1) is 63.9. The van der Waals surface area contributed by atoms with Crippen molar-refractivity contribution in [3.8, 4) is 73.2 Å². The van der Waals surface area contributed by atoms with Gasteiger partial charge in [-0.15, -0.1) is 0 Å². The number of nitrogens with zero attached hydrogens (tertiary/aromatic N) is 9. The number of nitrogens with one attached hydrogen (secondary N) is 1. The number of hydrogen-bond donors (Lipinski definition) is 1. The predicted molar refractivity (Wildman–Crippen MR) is 533 cm³/mol. The molecule has 0 aliphatic rings. The zero-order valence-electron chi connectivity index (χ0n) is 69.1. The van der Waals surface area contributed by atoms with E-state index in [0.717, 1.165) is 128 Å². The van der Waals surface area contributed by atoms with Crippen molar-refractivity contribution in [1.82, 2.24) is 47.8 Å². The minimum absolute atomic E-state index is 0.641. The van der Waals surface area contributed by atoms with Crippen molar-refractivity contribution in [1.29, 1.82) is 0 Å². The van der Waals surface area contributed by atoms with Crippen molar-refractivity contribution in [3.63, 3.8) is 0 Å². The fourth-order valence-electron chi connectivity index (χ4n) is 20.1. The quantitative estimate of drug-likeness (QED) is 0.154. The van der Waals surface area contributed by atoms with Crippen LogP contribution in [-0.4, -0.2) is 47.8 Å². The molecule has 0 fully saturated rings. The third-order valence-corrected chi connectivity index (χ3v) is 26.1. The van der Waals surface area contributed by atoms with Gasteiger partial charge >= 0.3 is 0 Å². The Balaban J connectivity index is 0.000000121. The second kappa shape index (κ2) is 29.5. The second-order valence-corrected chi connectivity index (χ2v) is 33.5. The number of rotatable bonds is 9. The molecule has 0 unspecified atom stereocenters. The van der Waals surface area contributed by atoms with E-state index in [2.05, 4.69) is 427 Å². The molecule has 0 spiro atoms. The maximum atomic E-state index is 6.66. The van der Waals surface area contributed by atoms with Crippen LogP contribution in [-0.2, 0) is 0 Å². The largest absolute Gasteiger partial charge is 0.452 e. The SMILES string of the molecule is Clc1ccc2oc3c(-c4cccc(-n5c6ccccc6c6ccc(-c7ccc8c(c7)c7ccccc7n8-c7ccccc7)cc65)c4)ncnc3c2c1.c1ccc(-n2c3ccccc3c3cc(-c4ccc5c6ccccc6n(-c6cccc(-c7ncnc8c7oc7ccc(-n9c%10ccccc%10c%10ccccc%109)cc78)c6)c5c4)ccc32)cc1.c1ccc2c(c1)[nH]c1ccccc12. The first-order valence-electron chi connectivity index (χ1n) is 43.3. The molecule has 18 aromatic carbocycles. The summed E-state index contributed by atoms with van der Waals surface area (Å²) in [6.45, 7) is 0. The molecule has 129 heavy (non-hydrogen) atoms. The average Bonchev–Trinajstić information content (AvgIpc) is 1.58. The molecule has 0 bridgehead atoms. The van der Waals surface area contributed by atoms with Crippen LogP contribution in [0.15, 0.2) is 434 Å². The van der Waals surface area contributed by atoms with Gasteiger partial charge < -0.3 is 36.7 Å². The summed E-state index contributed by atoms with van der Waals surface area (Å²) in [6, 6.07) is 146. The van der Waals surface area contributed by atoms with E-state index in [0.29, 0.717) is 16.2 Å². The van der Waals surface area contributed by atoms with Crippen LogP contribution in [0.1, 0.15) is 0 Å². The molecule has 1 N–H and O–H groups in total. The molecule has 28 rings (SSSR count). The molecule has 0 atom stereocenters. The molecule has 13 heteroatoms. The van der Waals surface area contributed by atoms with Gasteiger partial charge in [0.15, 0.2) is 11.2 Å². The second-order valence-electron chi connectivity index (χ2n) is 33.0. The normalized spacial score (nSPS) is 11.9. The topological polar surface area (TPSA) is 118 Å². The number of fused-ring (bicyclic) bond motifs is 24. The molecular formula is C116H71ClN10O2. The molecule has 0 saturated heterocycles. The third-order valence-electron chi connectivity index (χ3n) is 25.8. The summed E-state index contributed by atoms with van der Waals surface area (Å²) in [6.07, 6.45) is 3.26. The number of aromatic amines is 1. The molecular weight excluding hydrogens is 1600 g/mol. The van der Waals surface area contributed by atoms with Gasteiger partial charge in [0.1, 0.15) is 46.2 Å². The smallest absolute Gasteiger partial charge is 0.180 e. The molecule has 12 nitrogen and oxygen atoms in total. The van der Waals surface area contributed by atoms with E-state index in [1.807, 2.05) is 18.2 Å². The Bertz CT molecular complexity index is 9350. The highest BCUT2D eigenvalue weighted by Crippen LogP contribution is 2.45. The number of halogens is 1. The summed E-state index contributed by atoms with van der Waals surface area (Å²) >= 11 is 6.34. The molecule has 10 aromatic heterocycles. The summed E-state index contributed by atoms with van der Waals surface area (Å²) in [5.74, 6) is 0. The highest BCUT2D eigenvalue weighted by atomic mass is 35.5. The average molecular weight is 1670 g/mol. The van der Waals surface area contributed by atoms with Gasteiger partial charge in [0.25, 0.3) is 0 Å². The zero-order valence-corrected chi connectivity index (χ0v) is 69.9. The van der Waals surface area contributed by atoms with Gasteiger partial charge in [-0.3, -0.25) is 0 Å². The fourth-order valence-corrected chi connectivity index (χ4v) is 20.3. The number of furan rings is 2. The summed E-state index contributed by atoms with van der Waals surface area (Å²) in [5.41, 5.74) is 31.9. The van der Waals surface area contributed by atoms with Crippen LogP contribution in [0.3, 0.4) is 0 Å². The number of para-hydroxylation sites is 10. The van der Waals surface area contributed by atoms with Crippen molar-refractivity contribution in [3.05, 3.63) is 430 Å². The van der Waals surface area contributed by atoms with Crippen LogP contribution in [0, 0.1) is 0 Å². The Morgan fingerprint density at radius 2 is 0.519 bits per heavy atom. The third kappa shape index (κ3) is 11.8. The first-order valence-corrected chi connectivity index (χ1v) is 43.7.